The monoisotopic (exact) mass is 357 g/mol. The first-order valence-corrected chi connectivity index (χ1v) is 7.69. The number of ether oxygens (including phenoxy) is 1. The van der Waals surface area contributed by atoms with Crippen molar-refractivity contribution >= 4 is 27.8 Å². The molecule has 1 aliphatic rings. The van der Waals surface area contributed by atoms with E-state index in [0.717, 1.165) is 30.7 Å². The maximum Gasteiger partial charge on any atom is 0.323 e. The van der Waals surface area contributed by atoms with Crippen LogP contribution in [0.1, 0.15) is 6.42 Å². The van der Waals surface area contributed by atoms with Gasteiger partial charge in [0.05, 0.1) is 11.6 Å². The summed E-state index contributed by atoms with van der Waals surface area (Å²) in [6.45, 7) is 3.55. The number of aromatic nitrogens is 2. The van der Waals surface area contributed by atoms with Gasteiger partial charge >= 0.3 is 5.97 Å². The zero-order chi connectivity index (χ0) is 15.2. The Kier molecular flexibility index (Phi) is 5.89. The Morgan fingerprint density at radius 3 is 2.52 bits per heavy atom. The van der Waals surface area contributed by atoms with Crippen molar-refractivity contribution in [2.75, 3.05) is 44.7 Å². The summed E-state index contributed by atoms with van der Waals surface area (Å²) < 4.78 is 5.72. The number of carbonyl (C=O) groups is 1. The molecular weight excluding hydrogens is 338 g/mol. The van der Waals surface area contributed by atoms with Gasteiger partial charge in [-0.2, -0.15) is 0 Å². The molecule has 1 unspecified atom stereocenters. The van der Waals surface area contributed by atoms with Crippen molar-refractivity contribution in [3.05, 3.63) is 16.9 Å². The lowest BCUT2D eigenvalue weighted by atomic mass is 10.1. The molecule has 7 nitrogen and oxygen atoms in total. The van der Waals surface area contributed by atoms with Crippen molar-refractivity contribution in [1.29, 1.82) is 0 Å². The van der Waals surface area contributed by atoms with Crippen molar-refractivity contribution in [2.24, 2.45) is 5.73 Å². The quantitative estimate of drug-likeness (QED) is 0.756. The summed E-state index contributed by atoms with van der Waals surface area (Å²) in [6, 6.07) is -0.256. The van der Waals surface area contributed by atoms with Crippen LogP contribution in [0.2, 0.25) is 0 Å². The zero-order valence-electron chi connectivity index (χ0n) is 12.0. The van der Waals surface area contributed by atoms with Crippen LogP contribution in [0.4, 0.5) is 5.95 Å². The van der Waals surface area contributed by atoms with Crippen LogP contribution in [-0.4, -0.2) is 66.7 Å². The molecule has 1 fully saturated rings. The molecule has 1 aliphatic heterocycles. The third kappa shape index (κ3) is 4.12. The van der Waals surface area contributed by atoms with E-state index in [0.29, 0.717) is 18.9 Å². The van der Waals surface area contributed by atoms with Crippen LogP contribution < -0.4 is 10.6 Å². The predicted octanol–water partition coefficient (Wildman–Crippen LogP) is 0.252. The second-order valence-corrected chi connectivity index (χ2v) is 5.76. The highest BCUT2D eigenvalue weighted by Crippen LogP contribution is 2.15. The van der Waals surface area contributed by atoms with Gasteiger partial charge in [0.2, 0.25) is 5.95 Å². The molecule has 0 aliphatic carbocycles. The first-order valence-electron chi connectivity index (χ1n) is 6.90. The molecule has 2 rings (SSSR count). The lowest BCUT2D eigenvalue weighted by Crippen LogP contribution is -2.53. The Morgan fingerprint density at radius 1 is 1.38 bits per heavy atom. The third-order valence-electron chi connectivity index (χ3n) is 3.56. The van der Waals surface area contributed by atoms with Crippen molar-refractivity contribution in [1.82, 2.24) is 14.9 Å². The average Bonchev–Trinajstić information content (AvgIpc) is 2.53. The molecule has 1 saturated heterocycles. The number of anilines is 1. The maximum absolute atomic E-state index is 11.8. The molecule has 0 bridgehead atoms. The Bertz CT molecular complexity index is 462. The van der Waals surface area contributed by atoms with Gasteiger partial charge in [0.1, 0.15) is 6.04 Å². The van der Waals surface area contributed by atoms with Crippen LogP contribution in [0, 0.1) is 0 Å². The van der Waals surface area contributed by atoms with Crippen LogP contribution in [-0.2, 0) is 9.53 Å². The lowest BCUT2D eigenvalue weighted by Gasteiger charge is -2.38. The van der Waals surface area contributed by atoms with Crippen LogP contribution in [0.15, 0.2) is 16.9 Å². The summed E-state index contributed by atoms with van der Waals surface area (Å²) in [7, 11) is 1.41. The smallest absolute Gasteiger partial charge is 0.323 e. The van der Waals surface area contributed by atoms with E-state index in [1.807, 2.05) is 0 Å². The number of hydrogen-bond donors (Lipinski definition) is 1. The second kappa shape index (κ2) is 7.67. The van der Waals surface area contributed by atoms with Crippen LogP contribution in [0.25, 0.3) is 0 Å². The average molecular weight is 358 g/mol. The minimum absolute atomic E-state index is 0.214. The molecule has 1 aromatic rings. The van der Waals surface area contributed by atoms with Gasteiger partial charge in [-0.05, 0) is 28.9 Å². The van der Waals surface area contributed by atoms with E-state index in [-0.39, 0.29) is 12.0 Å². The molecule has 116 valence electrons. The number of nitrogens with two attached hydrogens (primary N) is 1. The molecule has 0 radical (unpaired) electrons. The third-order valence-corrected chi connectivity index (χ3v) is 3.97. The summed E-state index contributed by atoms with van der Waals surface area (Å²) in [6.07, 6.45) is 4.09. The molecule has 0 aromatic carbocycles. The van der Waals surface area contributed by atoms with E-state index in [4.69, 9.17) is 10.5 Å². The van der Waals surface area contributed by atoms with Crippen LogP contribution in [0.3, 0.4) is 0 Å². The summed E-state index contributed by atoms with van der Waals surface area (Å²) in [5.41, 5.74) is 5.59. The van der Waals surface area contributed by atoms with Gasteiger partial charge in [-0.15, -0.1) is 0 Å². The Balaban J connectivity index is 1.95. The van der Waals surface area contributed by atoms with Gasteiger partial charge in [0.15, 0.2) is 0 Å². The minimum Gasteiger partial charge on any atom is -0.468 e. The van der Waals surface area contributed by atoms with Crippen LogP contribution in [0.5, 0.6) is 0 Å². The Hall–Kier alpha value is -1.25. The van der Waals surface area contributed by atoms with Gasteiger partial charge in [-0.1, -0.05) is 0 Å². The van der Waals surface area contributed by atoms with Crippen LogP contribution >= 0.6 is 15.9 Å². The van der Waals surface area contributed by atoms with Crippen molar-refractivity contribution in [2.45, 2.75) is 12.5 Å². The van der Waals surface area contributed by atoms with Gasteiger partial charge in [-0.25, -0.2) is 9.97 Å². The molecule has 8 heteroatoms. The van der Waals surface area contributed by atoms with E-state index >= 15 is 0 Å². The van der Waals surface area contributed by atoms with E-state index < -0.39 is 0 Å². The van der Waals surface area contributed by atoms with Gasteiger partial charge in [0.25, 0.3) is 0 Å². The second-order valence-electron chi connectivity index (χ2n) is 4.84. The fourth-order valence-electron chi connectivity index (χ4n) is 2.45. The standard InChI is InChI=1S/C13H20BrN5O2/c1-21-12(20)11(2-3-15)18-4-6-19(7-5-18)13-16-8-10(14)9-17-13/h8-9,11H,2-7,15H2,1H3. The fraction of sp³-hybridized carbons (Fsp3) is 0.615. The number of carbonyl (C=O) groups excluding carboxylic acids is 1. The minimum atomic E-state index is -0.256. The Labute approximate surface area is 132 Å². The molecule has 1 atom stereocenters. The molecule has 2 heterocycles. The summed E-state index contributed by atoms with van der Waals surface area (Å²) >= 11 is 3.32. The highest BCUT2D eigenvalue weighted by Gasteiger charge is 2.29. The Morgan fingerprint density at radius 2 is 2.00 bits per heavy atom. The van der Waals surface area contributed by atoms with E-state index in [2.05, 4.69) is 35.7 Å². The largest absolute Gasteiger partial charge is 0.468 e. The highest BCUT2D eigenvalue weighted by atomic mass is 79.9. The summed E-state index contributed by atoms with van der Waals surface area (Å²) in [5, 5.41) is 0. The van der Waals surface area contributed by atoms with E-state index in [1.165, 1.54) is 7.11 Å². The zero-order valence-corrected chi connectivity index (χ0v) is 13.6. The van der Waals surface area contributed by atoms with Gasteiger partial charge in [-0.3, -0.25) is 9.69 Å². The molecular formula is C13H20BrN5O2. The molecule has 0 saturated carbocycles. The summed E-state index contributed by atoms with van der Waals surface area (Å²) in [5.74, 6) is 0.500. The molecule has 21 heavy (non-hydrogen) atoms. The normalized spacial score (nSPS) is 17.6. The number of halogens is 1. The highest BCUT2D eigenvalue weighted by molar-refractivity contribution is 9.10. The number of nitrogens with zero attached hydrogens (tertiary/aromatic N) is 4. The fourth-order valence-corrected chi connectivity index (χ4v) is 2.65. The van der Waals surface area contributed by atoms with E-state index in [9.17, 15) is 4.79 Å². The maximum atomic E-state index is 11.8. The molecule has 1 aromatic heterocycles. The lowest BCUT2D eigenvalue weighted by molar-refractivity contribution is -0.147. The summed E-state index contributed by atoms with van der Waals surface area (Å²) in [4.78, 5) is 24.7. The number of piperazine rings is 1. The number of esters is 1. The van der Waals surface area contributed by atoms with Crippen molar-refractivity contribution in [3.8, 4) is 0 Å². The van der Waals surface area contributed by atoms with Gasteiger partial charge in [0, 0.05) is 38.6 Å². The van der Waals surface area contributed by atoms with Crippen molar-refractivity contribution < 1.29 is 9.53 Å². The first kappa shape index (κ1) is 16.1. The van der Waals surface area contributed by atoms with E-state index in [1.54, 1.807) is 12.4 Å². The first-order chi connectivity index (χ1) is 10.2. The topological polar surface area (TPSA) is 84.6 Å². The number of hydrogen-bond acceptors (Lipinski definition) is 7. The molecule has 0 amide bonds. The SMILES string of the molecule is COC(=O)C(CCN)N1CCN(c2ncc(Br)cn2)CC1. The molecule has 0 spiro atoms. The number of rotatable bonds is 5. The molecule has 2 N–H and O–H groups in total. The predicted molar refractivity (Wildman–Crippen MR) is 83.0 cm³/mol. The number of methoxy groups -OCH3 is 1. The van der Waals surface area contributed by atoms with Crippen molar-refractivity contribution in [3.63, 3.8) is 0 Å². The van der Waals surface area contributed by atoms with Gasteiger partial charge < -0.3 is 15.4 Å².